The first-order valence-electron chi connectivity index (χ1n) is 5.73. The molecule has 4 heteroatoms. The summed E-state index contributed by atoms with van der Waals surface area (Å²) in [4.78, 5) is 4.39. The summed E-state index contributed by atoms with van der Waals surface area (Å²) in [5, 5.41) is 0. The maximum absolute atomic E-state index is 5.75. The van der Waals surface area contributed by atoms with Crippen LogP contribution in [0.5, 0.6) is 5.75 Å². The zero-order chi connectivity index (χ0) is 13.0. The molecule has 0 fully saturated rings. The van der Waals surface area contributed by atoms with E-state index >= 15 is 0 Å². The fraction of sp³-hybridized carbons (Fsp3) is 0.214. The molecule has 0 saturated heterocycles. The number of hydrogen-bond acceptors (Lipinski definition) is 3. The average Bonchev–Trinajstić information content (AvgIpc) is 2.38. The van der Waals surface area contributed by atoms with Crippen LogP contribution in [0.4, 0.5) is 0 Å². The van der Waals surface area contributed by atoms with Crippen molar-refractivity contribution in [1.82, 2.24) is 4.98 Å². The molecule has 0 spiro atoms. The normalized spacial score (nSPS) is 10.4. The molecule has 1 aromatic heterocycles. The summed E-state index contributed by atoms with van der Waals surface area (Å²) in [6.07, 6.45) is 0. The lowest BCUT2D eigenvalue weighted by Gasteiger charge is -2.09. The van der Waals surface area contributed by atoms with Crippen LogP contribution in [-0.2, 0) is 13.2 Å². The van der Waals surface area contributed by atoms with Crippen molar-refractivity contribution in [2.24, 2.45) is 5.73 Å². The van der Waals surface area contributed by atoms with Crippen LogP contribution in [0, 0.1) is 6.92 Å². The van der Waals surface area contributed by atoms with Gasteiger partial charge in [0, 0.05) is 11.0 Å². The number of pyridine rings is 1. The van der Waals surface area contributed by atoms with E-state index in [0.717, 1.165) is 27.2 Å². The van der Waals surface area contributed by atoms with Gasteiger partial charge in [0.25, 0.3) is 0 Å². The van der Waals surface area contributed by atoms with Crippen LogP contribution in [0.2, 0.25) is 0 Å². The Bertz CT molecular complexity index is 543. The van der Waals surface area contributed by atoms with Crippen molar-refractivity contribution in [3.63, 3.8) is 0 Å². The molecule has 94 valence electrons. The number of hydrogen-bond donors (Lipinski definition) is 1. The quantitative estimate of drug-likeness (QED) is 0.943. The molecule has 0 saturated carbocycles. The lowest BCUT2D eigenvalue weighted by atomic mass is 10.2. The van der Waals surface area contributed by atoms with Gasteiger partial charge < -0.3 is 10.5 Å². The topological polar surface area (TPSA) is 48.1 Å². The minimum Gasteiger partial charge on any atom is -0.487 e. The number of ether oxygens (including phenoxy) is 1. The first kappa shape index (κ1) is 13.1. The SMILES string of the molecule is Cc1cc(Br)ccc1OCc1cccc(CN)n1. The van der Waals surface area contributed by atoms with E-state index in [9.17, 15) is 0 Å². The Kier molecular flexibility index (Phi) is 4.33. The van der Waals surface area contributed by atoms with E-state index in [2.05, 4.69) is 20.9 Å². The van der Waals surface area contributed by atoms with Crippen molar-refractivity contribution in [1.29, 1.82) is 0 Å². The number of aryl methyl sites for hydroxylation is 1. The van der Waals surface area contributed by atoms with Crippen LogP contribution in [0.3, 0.4) is 0 Å². The molecule has 0 radical (unpaired) electrons. The van der Waals surface area contributed by atoms with Crippen molar-refractivity contribution in [2.75, 3.05) is 0 Å². The van der Waals surface area contributed by atoms with Gasteiger partial charge in [0.2, 0.25) is 0 Å². The van der Waals surface area contributed by atoms with E-state index in [1.165, 1.54) is 0 Å². The Hall–Kier alpha value is -1.39. The van der Waals surface area contributed by atoms with E-state index in [-0.39, 0.29) is 0 Å². The summed E-state index contributed by atoms with van der Waals surface area (Å²) in [5.41, 5.74) is 8.42. The highest BCUT2D eigenvalue weighted by Gasteiger charge is 2.02. The van der Waals surface area contributed by atoms with Gasteiger partial charge in [0.1, 0.15) is 12.4 Å². The minimum atomic E-state index is 0.450. The smallest absolute Gasteiger partial charge is 0.130 e. The molecular weight excluding hydrogens is 292 g/mol. The van der Waals surface area contributed by atoms with Gasteiger partial charge in [-0.2, -0.15) is 0 Å². The van der Waals surface area contributed by atoms with Gasteiger partial charge in [-0.3, -0.25) is 4.98 Å². The molecule has 2 aromatic rings. The van der Waals surface area contributed by atoms with Crippen LogP contribution in [0.25, 0.3) is 0 Å². The summed E-state index contributed by atoms with van der Waals surface area (Å²) in [7, 11) is 0. The molecule has 2 N–H and O–H groups in total. The van der Waals surface area contributed by atoms with Crippen LogP contribution < -0.4 is 10.5 Å². The van der Waals surface area contributed by atoms with E-state index in [4.69, 9.17) is 10.5 Å². The van der Waals surface area contributed by atoms with E-state index in [1.54, 1.807) is 0 Å². The third-order valence-electron chi connectivity index (χ3n) is 2.59. The van der Waals surface area contributed by atoms with E-state index in [1.807, 2.05) is 43.3 Å². The van der Waals surface area contributed by atoms with E-state index in [0.29, 0.717) is 13.2 Å². The molecule has 1 aromatic carbocycles. The first-order chi connectivity index (χ1) is 8.69. The Morgan fingerprint density at radius 2 is 2.00 bits per heavy atom. The molecule has 1 heterocycles. The number of nitrogens with zero attached hydrogens (tertiary/aromatic N) is 1. The average molecular weight is 307 g/mol. The molecule has 0 atom stereocenters. The molecule has 0 aliphatic rings. The fourth-order valence-corrected chi connectivity index (χ4v) is 2.13. The fourth-order valence-electron chi connectivity index (χ4n) is 1.65. The summed E-state index contributed by atoms with van der Waals surface area (Å²) in [5.74, 6) is 0.873. The maximum atomic E-state index is 5.75. The summed E-state index contributed by atoms with van der Waals surface area (Å²) < 4.78 is 6.80. The molecule has 0 aliphatic heterocycles. The Balaban J connectivity index is 2.06. The van der Waals surface area contributed by atoms with Gasteiger partial charge >= 0.3 is 0 Å². The first-order valence-corrected chi connectivity index (χ1v) is 6.52. The molecule has 3 nitrogen and oxygen atoms in total. The van der Waals surface area contributed by atoms with Crippen LogP contribution in [0.15, 0.2) is 40.9 Å². The third-order valence-corrected chi connectivity index (χ3v) is 3.08. The largest absolute Gasteiger partial charge is 0.487 e. The lowest BCUT2D eigenvalue weighted by Crippen LogP contribution is -2.04. The molecule has 0 aliphatic carbocycles. The highest BCUT2D eigenvalue weighted by atomic mass is 79.9. The molecule has 0 bridgehead atoms. The minimum absolute atomic E-state index is 0.450. The van der Waals surface area contributed by atoms with Gasteiger partial charge in [0.15, 0.2) is 0 Å². The molecule has 0 amide bonds. The lowest BCUT2D eigenvalue weighted by molar-refractivity contribution is 0.299. The Morgan fingerprint density at radius 1 is 1.22 bits per heavy atom. The zero-order valence-electron chi connectivity index (χ0n) is 10.2. The van der Waals surface area contributed by atoms with Gasteiger partial charge in [-0.05, 0) is 42.8 Å². The van der Waals surface area contributed by atoms with Gasteiger partial charge in [0.05, 0.1) is 11.4 Å². The number of aromatic nitrogens is 1. The zero-order valence-corrected chi connectivity index (χ0v) is 11.8. The highest BCUT2D eigenvalue weighted by molar-refractivity contribution is 9.10. The van der Waals surface area contributed by atoms with Crippen molar-refractivity contribution in [2.45, 2.75) is 20.1 Å². The van der Waals surface area contributed by atoms with Crippen molar-refractivity contribution in [3.05, 3.63) is 57.8 Å². The monoisotopic (exact) mass is 306 g/mol. The van der Waals surface area contributed by atoms with Crippen LogP contribution in [0.1, 0.15) is 17.0 Å². The number of benzene rings is 1. The Morgan fingerprint density at radius 3 is 2.72 bits per heavy atom. The summed E-state index contributed by atoms with van der Waals surface area (Å²) in [6.45, 7) is 2.92. The highest BCUT2D eigenvalue weighted by Crippen LogP contribution is 2.22. The molecule has 0 unspecified atom stereocenters. The Labute approximate surface area is 115 Å². The molecular formula is C14H15BrN2O. The second kappa shape index (κ2) is 5.98. The predicted molar refractivity (Wildman–Crippen MR) is 75.3 cm³/mol. The van der Waals surface area contributed by atoms with Crippen molar-refractivity contribution < 1.29 is 4.74 Å². The maximum Gasteiger partial charge on any atom is 0.130 e. The third kappa shape index (κ3) is 3.31. The molecule has 18 heavy (non-hydrogen) atoms. The van der Waals surface area contributed by atoms with E-state index < -0.39 is 0 Å². The van der Waals surface area contributed by atoms with Gasteiger partial charge in [-0.15, -0.1) is 0 Å². The predicted octanol–water partition coefficient (Wildman–Crippen LogP) is 3.19. The van der Waals surface area contributed by atoms with Gasteiger partial charge in [-0.25, -0.2) is 0 Å². The van der Waals surface area contributed by atoms with Crippen LogP contribution in [-0.4, -0.2) is 4.98 Å². The standard InChI is InChI=1S/C14H15BrN2O/c1-10-7-11(15)5-6-14(10)18-9-13-4-2-3-12(8-16)17-13/h2-7H,8-9,16H2,1H3. The van der Waals surface area contributed by atoms with Crippen molar-refractivity contribution in [3.8, 4) is 5.75 Å². The summed E-state index contributed by atoms with van der Waals surface area (Å²) >= 11 is 3.43. The summed E-state index contributed by atoms with van der Waals surface area (Å²) in [6, 6.07) is 11.7. The second-order valence-corrected chi connectivity index (χ2v) is 4.94. The molecule has 2 rings (SSSR count). The second-order valence-electron chi connectivity index (χ2n) is 4.02. The van der Waals surface area contributed by atoms with Crippen molar-refractivity contribution >= 4 is 15.9 Å². The van der Waals surface area contributed by atoms with Crippen LogP contribution >= 0.6 is 15.9 Å². The number of rotatable bonds is 4. The van der Waals surface area contributed by atoms with Gasteiger partial charge in [-0.1, -0.05) is 22.0 Å². The number of nitrogens with two attached hydrogens (primary N) is 1. The number of halogens is 1.